The molecule has 0 unspecified atom stereocenters. The van der Waals surface area contributed by atoms with Gasteiger partial charge in [0.15, 0.2) is 17.3 Å². The summed E-state index contributed by atoms with van der Waals surface area (Å²) in [5.74, 6) is 1.22. The van der Waals surface area contributed by atoms with Gasteiger partial charge in [0, 0.05) is 26.8 Å². The van der Waals surface area contributed by atoms with Gasteiger partial charge in [-0.05, 0) is 17.7 Å². The molecular formula is C19H19N9O. The zero-order valence-electron chi connectivity index (χ0n) is 15.9. The molecule has 4 rings (SSSR count). The molecule has 0 aliphatic heterocycles. The molecule has 0 spiro atoms. The predicted octanol–water partition coefficient (Wildman–Crippen LogP) is 1.36. The van der Waals surface area contributed by atoms with Crippen molar-refractivity contribution < 1.29 is 4.79 Å². The summed E-state index contributed by atoms with van der Waals surface area (Å²) in [5, 5.41) is 20.0. The number of hydrogen-bond donors (Lipinski definition) is 2. The van der Waals surface area contributed by atoms with E-state index in [-0.39, 0.29) is 11.4 Å². The van der Waals surface area contributed by atoms with Crippen LogP contribution in [0.25, 0.3) is 17.3 Å². The van der Waals surface area contributed by atoms with Crippen LogP contribution >= 0.6 is 0 Å². The van der Waals surface area contributed by atoms with Crippen LogP contribution in [0, 0.1) is 0 Å². The molecule has 0 fully saturated rings. The monoisotopic (exact) mass is 389 g/mol. The third-order valence-corrected chi connectivity index (χ3v) is 4.30. The first-order valence-electron chi connectivity index (χ1n) is 8.88. The SMILES string of the molecule is CN(C)c1nnc(-c2nnc3c(C(N)=O)cccn23)nc1NCc1ccccc1. The van der Waals surface area contributed by atoms with Gasteiger partial charge in [0.2, 0.25) is 11.6 Å². The number of fused-ring (bicyclic) bond motifs is 1. The minimum absolute atomic E-state index is 0.270. The van der Waals surface area contributed by atoms with Crippen LogP contribution < -0.4 is 16.0 Å². The summed E-state index contributed by atoms with van der Waals surface area (Å²) in [4.78, 5) is 18.1. The molecule has 3 aromatic heterocycles. The smallest absolute Gasteiger partial charge is 0.252 e. The largest absolute Gasteiger partial charge is 0.365 e. The molecule has 1 amide bonds. The van der Waals surface area contributed by atoms with Gasteiger partial charge in [-0.1, -0.05) is 30.3 Å². The number of nitrogens with zero attached hydrogens (tertiary/aromatic N) is 7. The van der Waals surface area contributed by atoms with Crippen molar-refractivity contribution in [2.45, 2.75) is 6.54 Å². The second-order valence-electron chi connectivity index (χ2n) is 6.54. The maximum absolute atomic E-state index is 11.6. The fourth-order valence-corrected chi connectivity index (χ4v) is 2.88. The lowest BCUT2D eigenvalue weighted by molar-refractivity contribution is 0.100. The molecule has 0 radical (unpaired) electrons. The third kappa shape index (κ3) is 3.55. The summed E-state index contributed by atoms with van der Waals surface area (Å²) in [6.07, 6.45) is 1.72. The van der Waals surface area contributed by atoms with E-state index < -0.39 is 5.91 Å². The first-order chi connectivity index (χ1) is 14.0. The number of carbonyl (C=O) groups excluding carboxylic acids is 1. The summed E-state index contributed by atoms with van der Waals surface area (Å²) in [6, 6.07) is 13.3. The number of benzene rings is 1. The molecule has 0 saturated carbocycles. The van der Waals surface area contributed by atoms with Gasteiger partial charge in [-0.25, -0.2) is 4.98 Å². The molecule has 4 aromatic rings. The van der Waals surface area contributed by atoms with E-state index in [9.17, 15) is 4.79 Å². The number of nitrogens with two attached hydrogens (primary N) is 1. The normalized spacial score (nSPS) is 10.8. The highest BCUT2D eigenvalue weighted by Crippen LogP contribution is 2.23. The third-order valence-electron chi connectivity index (χ3n) is 4.30. The van der Waals surface area contributed by atoms with E-state index in [2.05, 4.69) is 30.7 Å². The number of rotatable bonds is 6. The Bertz CT molecular complexity index is 1170. The quantitative estimate of drug-likeness (QED) is 0.506. The van der Waals surface area contributed by atoms with Crippen molar-refractivity contribution in [1.82, 2.24) is 29.8 Å². The van der Waals surface area contributed by atoms with E-state index in [1.54, 1.807) is 22.7 Å². The highest BCUT2D eigenvalue weighted by molar-refractivity contribution is 5.98. The Morgan fingerprint density at radius 1 is 1.07 bits per heavy atom. The second-order valence-corrected chi connectivity index (χ2v) is 6.54. The van der Waals surface area contributed by atoms with Gasteiger partial charge >= 0.3 is 0 Å². The number of primary amides is 1. The second kappa shape index (κ2) is 7.50. The molecular weight excluding hydrogens is 370 g/mol. The summed E-state index contributed by atoms with van der Waals surface area (Å²) in [6.45, 7) is 0.576. The van der Waals surface area contributed by atoms with E-state index in [0.717, 1.165) is 5.56 Å². The Labute approximate surface area is 166 Å². The number of pyridine rings is 1. The van der Waals surface area contributed by atoms with Gasteiger partial charge in [-0.15, -0.1) is 20.4 Å². The lowest BCUT2D eigenvalue weighted by Gasteiger charge is -2.16. The average molecular weight is 389 g/mol. The van der Waals surface area contributed by atoms with E-state index in [1.165, 1.54) is 0 Å². The molecule has 146 valence electrons. The van der Waals surface area contributed by atoms with Crippen LogP contribution in [0.15, 0.2) is 48.7 Å². The highest BCUT2D eigenvalue weighted by atomic mass is 16.1. The molecule has 1 aromatic carbocycles. The van der Waals surface area contributed by atoms with Crippen molar-refractivity contribution in [3.63, 3.8) is 0 Å². The predicted molar refractivity (Wildman–Crippen MR) is 108 cm³/mol. The van der Waals surface area contributed by atoms with Crippen molar-refractivity contribution in [2.24, 2.45) is 5.73 Å². The van der Waals surface area contributed by atoms with E-state index in [1.807, 2.05) is 49.3 Å². The van der Waals surface area contributed by atoms with Crippen molar-refractivity contribution in [1.29, 1.82) is 0 Å². The van der Waals surface area contributed by atoms with Crippen LogP contribution in [0.5, 0.6) is 0 Å². The molecule has 0 saturated heterocycles. The zero-order valence-corrected chi connectivity index (χ0v) is 15.9. The minimum Gasteiger partial charge on any atom is -0.365 e. The number of amides is 1. The van der Waals surface area contributed by atoms with Crippen LogP contribution in [-0.2, 0) is 6.54 Å². The maximum atomic E-state index is 11.6. The Balaban J connectivity index is 1.74. The van der Waals surface area contributed by atoms with Gasteiger partial charge in [0.05, 0.1) is 5.56 Å². The molecule has 0 bridgehead atoms. The Morgan fingerprint density at radius 3 is 2.59 bits per heavy atom. The molecule has 0 aliphatic rings. The lowest BCUT2D eigenvalue weighted by atomic mass is 10.2. The van der Waals surface area contributed by atoms with Gasteiger partial charge in [0.1, 0.15) is 0 Å². The number of aromatic nitrogens is 6. The molecule has 29 heavy (non-hydrogen) atoms. The Kier molecular flexibility index (Phi) is 4.73. The summed E-state index contributed by atoms with van der Waals surface area (Å²) in [7, 11) is 3.73. The van der Waals surface area contributed by atoms with Gasteiger partial charge in [0.25, 0.3) is 5.91 Å². The van der Waals surface area contributed by atoms with Gasteiger partial charge < -0.3 is 16.0 Å². The average Bonchev–Trinajstić information content (AvgIpc) is 3.16. The van der Waals surface area contributed by atoms with Crippen LogP contribution in [0.1, 0.15) is 15.9 Å². The number of hydrogen-bond acceptors (Lipinski definition) is 8. The Morgan fingerprint density at radius 2 is 1.86 bits per heavy atom. The number of anilines is 2. The van der Waals surface area contributed by atoms with Crippen molar-refractivity contribution >= 4 is 23.2 Å². The van der Waals surface area contributed by atoms with E-state index >= 15 is 0 Å². The first kappa shape index (κ1) is 18.3. The van der Waals surface area contributed by atoms with Gasteiger partial charge in [-0.2, -0.15) is 0 Å². The molecule has 10 heteroatoms. The molecule has 0 aliphatic carbocycles. The fraction of sp³-hybridized carbons (Fsp3) is 0.158. The van der Waals surface area contributed by atoms with Crippen LogP contribution in [0.3, 0.4) is 0 Å². The van der Waals surface area contributed by atoms with Gasteiger partial charge in [-0.3, -0.25) is 9.20 Å². The fourth-order valence-electron chi connectivity index (χ4n) is 2.88. The van der Waals surface area contributed by atoms with Crippen molar-refractivity contribution in [3.05, 3.63) is 59.8 Å². The zero-order chi connectivity index (χ0) is 20.4. The molecule has 0 atom stereocenters. The first-order valence-corrected chi connectivity index (χ1v) is 8.88. The topological polar surface area (TPSA) is 127 Å². The summed E-state index contributed by atoms with van der Waals surface area (Å²) in [5.41, 5.74) is 7.14. The number of nitrogens with one attached hydrogen (secondary N) is 1. The lowest BCUT2D eigenvalue weighted by Crippen LogP contribution is -2.17. The van der Waals surface area contributed by atoms with Crippen molar-refractivity contribution in [2.75, 3.05) is 24.3 Å². The summed E-state index contributed by atoms with van der Waals surface area (Å²) >= 11 is 0. The molecule has 10 nitrogen and oxygen atoms in total. The Hall–Kier alpha value is -4.08. The maximum Gasteiger partial charge on any atom is 0.252 e. The molecule has 3 heterocycles. The van der Waals surface area contributed by atoms with E-state index in [0.29, 0.717) is 29.7 Å². The van der Waals surface area contributed by atoms with Crippen LogP contribution in [0.2, 0.25) is 0 Å². The standard InChI is InChI=1S/C19H19N9O/c1-27(2)18-15(21-11-12-7-4-3-5-8-12)22-16(23-25-18)19-26-24-17-13(14(20)29)9-6-10-28(17)19/h3-10H,11H2,1-2H3,(H2,20,29)(H,21,22,23). The van der Waals surface area contributed by atoms with Crippen molar-refractivity contribution in [3.8, 4) is 11.6 Å². The van der Waals surface area contributed by atoms with Crippen LogP contribution in [0.4, 0.5) is 11.6 Å². The number of carbonyl (C=O) groups is 1. The highest BCUT2D eigenvalue weighted by Gasteiger charge is 2.18. The molecule has 3 N–H and O–H groups in total. The van der Waals surface area contributed by atoms with Crippen LogP contribution in [-0.4, -0.2) is 49.8 Å². The minimum atomic E-state index is -0.582. The van der Waals surface area contributed by atoms with E-state index in [4.69, 9.17) is 5.73 Å². The summed E-state index contributed by atoms with van der Waals surface area (Å²) < 4.78 is 1.62.